The first kappa shape index (κ1) is 22.4. The van der Waals surface area contributed by atoms with Gasteiger partial charge in [0.2, 0.25) is 5.91 Å². The molecule has 0 fully saturated rings. The van der Waals surface area contributed by atoms with Gasteiger partial charge in [0.05, 0.1) is 16.4 Å². The molecule has 0 saturated carbocycles. The van der Waals surface area contributed by atoms with Crippen LogP contribution in [-0.4, -0.2) is 32.7 Å². The van der Waals surface area contributed by atoms with Gasteiger partial charge in [0.1, 0.15) is 10.7 Å². The van der Waals surface area contributed by atoms with Gasteiger partial charge in [-0.05, 0) is 30.5 Å². The van der Waals surface area contributed by atoms with Crippen molar-refractivity contribution < 1.29 is 4.79 Å². The van der Waals surface area contributed by atoms with E-state index in [1.807, 2.05) is 67.0 Å². The van der Waals surface area contributed by atoms with Gasteiger partial charge in [-0.3, -0.25) is 9.59 Å². The molecule has 0 saturated heterocycles. The number of nitrogens with zero attached hydrogens (tertiary/aromatic N) is 1. The van der Waals surface area contributed by atoms with Gasteiger partial charge in [-0.2, -0.15) is 0 Å². The number of aromatic amines is 2. The van der Waals surface area contributed by atoms with Crippen molar-refractivity contribution in [1.82, 2.24) is 20.3 Å². The highest BCUT2D eigenvalue weighted by Gasteiger charge is 2.16. The maximum Gasteiger partial charge on any atom is 0.260 e. The van der Waals surface area contributed by atoms with Crippen molar-refractivity contribution in [3.63, 3.8) is 0 Å². The van der Waals surface area contributed by atoms with Crippen molar-refractivity contribution in [3.05, 3.63) is 87.9 Å². The van der Waals surface area contributed by atoms with Crippen molar-refractivity contribution in [2.24, 2.45) is 0 Å². The third-order valence-corrected chi connectivity index (χ3v) is 7.81. The molecule has 5 aromatic rings. The minimum Gasteiger partial charge on any atom is -0.361 e. The quantitative estimate of drug-likeness (QED) is 0.283. The minimum absolute atomic E-state index is 0.0178. The molecule has 1 unspecified atom stereocenters. The average Bonchev–Trinajstić information content (AvgIpc) is 3.48. The van der Waals surface area contributed by atoms with E-state index < -0.39 is 0 Å². The first-order valence-corrected chi connectivity index (χ1v) is 13.0. The first-order valence-electron chi connectivity index (χ1n) is 11.1. The van der Waals surface area contributed by atoms with Gasteiger partial charge >= 0.3 is 0 Å². The summed E-state index contributed by atoms with van der Waals surface area (Å²) in [7, 11) is 0. The summed E-state index contributed by atoms with van der Waals surface area (Å²) in [5, 5.41) is 6.55. The standard InChI is InChI=1S/C26H24N4O2S2/c1-16(24(31)27-12-11-18-13-28-21-10-6-5-9-19(18)21)33-15-22-29-25(32)23-20(14-34-26(23)30-22)17-7-3-2-4-8-17/h2-10,13-14,16,28H,11-12,15H2,1H3,(H,27,31)(H,29,30,32). The minimum atomic E-state index is -0.257. The maximum atomic E-state index is 12.8. The zero-order valence-electron chi connectivity index (χ0n) is 18.6. The molecule has 8 heteroatoms. The molecule has 5 rings (SSSR count). The van der Waals surface area contributed by atoms with E-state index in [-0.39, 0.29) is 16.7 Å². The topological polar surface area (TPSA) is 90.6 Å². The number of nitrogens with one attached hydrogen (secondary N) is 3. The Morgan fingerprint density at radius 3 is 2.79 bits per heavy atom. The van der Waals surface area contributed by atoms with Crippen LogP contribution in [0.15, 0.2) is 71.0 Å². The summed E-state index contributed by atoms with van der Waals surface area (Å²) >= 11 is 2.93. The lowest BCUT2D eigenvalue weighted by molar-refractivity contribution is -0.120. The SMILES string of the molecule is CC(SCc1nc2scc(-c3ccccc3)c2c(=O)[nH]1)C(=O)NCCc1c[nH]c2ccccc12. The molecule has 1 amide bonds. The van der Waals surface area contributed by atoms with E-state index in [4.69, 9.17) is 0 Å². The van der Waals surface area contributed by atoms with Gasteiger partial charge in [0, 0.05) is 34.6 Å². The second kappa shape index (κ2) is 9.87. The molecule has 34 heavy (non-hydrogen) atoms. The van der Waals surface area contributed by atoms with Crippen molar-refractivity contribution in [1.29, 1.82) is 0 Å². The predicted molar refractivity (Wildman–Crippen MR) is 141 cm³/mol. The Morgan fingerprint density at radius 2 is 1.94 bits per heavy atom. The molecule has 172 valence electrons. The Bertz CT molecular complexity index is 1500. The predicted octanol–water partition coefficient (Wildman–Crippen LogP) is 5.11. The van der Waals surface area contributed by atoms with Gasteiger partial charge in [0.15, 0.2) is 0 Å². The summed E-state index contributed by atoms with van der Waals surface area (Å²) in [6.07, 6.45) is 2.77. The lowest BCUT2D eigenvalue weighted by atomic mass is 10.1. The van der Waals surface area contributed by atoms with Crippen LogP contribution in [0.2, 0.25) is 0 Å². The number of hydrogen-bond acceptors (Lipinski definition) is 5. The van der Waals surface area contributed by atoms with E-state index in [2.05, 4.69) is 26.3 Å². The van der Waals surface area contributed by atoms with Gasteiger partial charge in [-0.25, -0.2) is 4.98 Å². The van der Waals surface area contributed by atoms with Crippen molar-refractivity contribution >= 4 is 50.1 Å². The largest absolute Gasteiger partial charge is 0.361 e. The zero-order chi connectivity index (χ0) is 23.5. The molecule has 0 aliphatic rings. The Kier molecular flexibility index (Phi) is 6.51. The Labute approximate surface area is 204 Å². The van der Waals surface area contributed by atoms with Gasteiger partial charge < -0.3 is 15.3 Å². The molecule has 6 nitrogen and oxygen atoms in total. The molecule has 3 aromatic heterocycles. The van der Waals surface area contributed by atoms with E-state index in [9.17, 15) is 9.59 Å². The number of carbonyl (C=O) groups excluding carboxylic acids is 1. The van der Waals surface area contributed by atoms with Gasteiger partial charge in [-0.15, -0.1) is 23.1 Å². The van der Waals surface area contributed by atoms with Crippen LogP contribution >= 0.6 is 23.1 Å². The second-order valence-electron chi connectivity index (χ2n) is 8.06. The molecule has 2 aromatic carbocycles. The number of hydrogen-bond donors (Lipinski definition) is 3. The van der Waals surface area contributed by atoms with Crippen molar-refractivity contribution in [2.75, 3.05) is 6.54 Å². The van der Waals surface area contributed by atoms with Crippen LogP contribution in [-0.2, 0) is 17.0 Å². The van der Waals surface area contributed by atoms with Gasteiger partial charge in [0.25, 0.3) is 5.56 Å². The summed E-state index contributed by atoms with van der Waals surface area (Å²) in [5.41, 5.74) is 4.05. The van der Waals surface area contributed by atoms with Crippen molar-refractivity contribution in [3.8, 4) is 11.1 Å². The van der Waals surface area contributed by atoms with Crippen LogP contribution in [0.5, 0.6) is 0 Å². The average molecular weight is 489 g/mol. The molecular weight excluding hydrogens is 464 g/mol. The summed E-state index contributed by atoms with van der Waals surface area (Å²) < 4.78 is 0. The molecule has 3 N–H and O–H groups in total. The normalized spacial score (nSPS) is 12.3. The molecular formula is C26H24N4O2S2. The van der Waals surface area contributed by atoms with E-state index in [1.165, 1.54) is 34.0 Å². The van der Waals surface area contributed by atoms with Crippen LogP contribution in [0, 0.1) is 0 Å². The second-order valence-corrected chi connectivity index (χ2v) is 10.2. The molecule has 0 aliphatic heterocycles. The third-order valence-electron chi connectivity index (χ3n) is 5.79. The van der Waals surface area contributed by atoms with E-state index in [1.54, 1.807) is 0 Å². The van der Waals surface area contributed by atoms with Crippen LogP contribution < -0.4 is 10.9 Å². The molecule has 0 radical (unpaired) electrons. The fourth-order valence-electron chi connectivity index (χ4n) is 3.97. The van der Waals surface area contributed by atoms with Gasteiger partial charge in [-0.1, -0.05) is 48.5 Å². The first-order chi connectivity index (χ1) is 16.6. The number of rotatable bonds is 8. The summed E-state index contributed by atoms with van der Waals surface area (Å²) in [6, 6.07) is 18.0. The Balaban J connectivity index is 1.18. The maximum absolute atomic E-state index is 12.8. The number of carbonyl (C=O) groups is 1. The zero-order valence-corrected chi connectivity index (χ0v) is 20.3. The Morgan fingerprint density at radius 1 is 1.15 bits per heavy atom. The number of fused-ring (bicyclic) bond motifs is 2. The number of amides is 1. The highest BCUT2D eigenvalue weighted by atomic mass is 32.2. The van der Waals surface area contributed by atoms with E-state index in [0.29, 0.717) is 28.3 Å². The third kappa shape index (κ3) is 4.64. The van der Waals surface area contributed by atoms with Crippen molar-refractivity contribution in [2.45, 2.75) is 24.3 Å². The fourth-order valence-corrected chi connectivity index (χ4v) is 5.72. The Hall–Kier alpha value is -3.36. The number of thioether (sulfide) groups is 1. The van der Waals surface area contributed by atoms with Crippen LogP contribution in [0.25, 0.3) is 32.2 Å². The number of para-hydroxylation sites is 1. The summed E-state index contributed by atoms with van der Waals surface area (Å²) in [5.74, 6) is 1.03. The molecule has 0 aliphatic carbocycles. The lowest BCUT2D eigenvalue weighted by Gasteiger charge is -2.11. The van der Waals surface area contributed by atoms with Crippen LogP contribution in [0.4, 0.5) is 0 Å². The highest BCUT2D eigenvalue weighted by Crippen LogP contribution is 2.30. The molecule has 0 spiro atoms. The monoisotopic (exact) mass is 488 g/mol. The number of thiophene rings is 1. The number of benzene rings is 2. The summed E-state index contributed by atoms with van der Waals surface area (Å²) in [6.45, 7) is 2.45. The number of H-pyrrole nitrogens is 2. The van der Waals surface area contributed by atoms with E-state index >= 15 is 0 Å². The molecule has 1 atom stereocenters. The van der Waals surface area contributed by atoms with Crippen LogP contribution in [0.3, 0.4) is 0 Å². The van der Waals surface area contributed by atoms with E-state index in [0.717, 1.165) is 23.1 Å². The molecule has 0 bridgehead atoms. The smallest absolute Gasteiger partial charge is 0.260 e. The highest BCUT2D eigenvalue weighted by molar-refractivity contribution is 7.99. The fraction of sp³-hybridized carbons (Fsp3) is 0.192. The lowest BCUT2D eigenvalue weighted by Crippen LogP contribution is -2.32. The molecule has 3 heterocycles. The summed E-state index contributed by atoms with van der Waals surface area (Å²) in [4.78, 5) is 36.9. The number of aromatic nitrogens is 3. The van der Waals surface area contributed by atoms with Crippen LogP contribution in [0.1, 0.15) is 18.3 Å².